The van der Waals surface area contributed by atoms with E-state index in [-0.39, 0.29) is 16.9 Å². The lowest BCUT2D eigenvalue weighted by Gasteiger charge is -2.11. The van der Waals surface area contributed by atoms with E-state index in [2.05, 4.69) is 5.32 Å². The lowest BCUT2D eigenvalue weighted by molar-refractivity contribution is 0.586. The summed E-state index contributed by atoms with van der Waals surface area (Å²) < 4.78 is 53.9. The van der Waals surface area contributed by atoms with Crippen molar-refractivity contribution in [2.75, 3.05) is 11.1 Å². The van der Waals surface area contributed by atoms with Crippen molar-refractivity contribution < 1.29 is 17.6 Å². The van der Waals surface area contributed by atoms with E-state index in [9.17, 15) is 17.6 Å². The van der Waals surface area contributed by atoms with Gasteiger partial charge in [-0.2, -0.15) is 0 Å². The Morgan fingerprint density at radius 2 is 1.42 bits per heavy atom. The van der Waals surface area contributed by atoms with Crippen molar-refractivity contribution in [2.24, 2.45) is 0 Å². The molecule has 0 saturated carbocycles. The number of halogens is 4. The van der Waals surface area contributed by atoms with Gasteiger partial charge < -0.3 is 11.1 Å². The van der Waals surface area contributed by atoms with Gasteiger partial charge in [-0.3, -0.25) is 0 Å². The molecular weight excluding hydrogens is 260 g/mol. The molecule has 3 N–H and O–H groups in total. The van der Waals surface area contributed by atoms with E-state index in [1.165, 1.54) is 6.92 Å². The van der Waals surface area contributed by atoms with Gasteiger partial charge in [0.2, 0.25) is 0 Å². The van der Waals surface area contributed by atoms with Crippen LogP contribution in [0.25, 0.3) is 0 Å². The first-order valence-corrected chi connectivity index (χ1v) is 5.35. The van der Waals surface area contributed by atoms with Crippen molar-refractivity contribution in [3.63, 3.8) is 0 Å². The first-order valence-electron chi connectivity index (χ1n) is 5.35. The Hall–Kier alpha value is -2.24. The summed E-state index contributed by atoms with van der Waals surface area (Å²) in [5.74, 6) is -3.47. The van der Waals surface area contributed by atoms with Gasteiger partial charge in [-0.15, -0.1) is 0 Å². The van der Waals surface area contributed by atoms with E-state index in [1.54, 1.807) is 0 Å². The van der Waals surface area contributed by atoms with Gasteiger partial charge in [0.15, 0.2) is 11.6 Å². The summed E-state index contributed by atoms with van der Waals surface area (Å²) in [4.78, 5) is 0. The van der Waals surface area contributed by atoms with Crippen molar-refractivity contribution in [3.05, 3.63) is 53.1 Å². The van der Waals surface area contributed by atoms with Crippen LogP contribution in [0.15, 0.2) is 24.3 Å². The molecule has 0 unspecified atom stereocenters. The molecule has 0 aliphatic heterocycles. The van der Waals surface area contributed by atoms with E-state index in [0.29, 0.717) is 0 Å². The summed E-state index contributed by atoms with van der Waals surface area (Å²) in [7, 11) is 0. The Morgan fingerprint density at radius 1 is 0.842 bits per heavy atom. The first kappa shape index (κ1) is 13.2. The highest BCUT2D eigenvalue weighted by Gasteiger charge is 2.14. The molecule has 6 heteroatoms. The number of aryl methyl sites for hydroxylation is 1. The molecule has 0 heterocycles. The Balaban J connectivity index is 2.45. The van der Waals surface area contributed by atoms with Gasteiger partial charge in [-0.25, -0.2) is 17.6 Å². The number of benzene rings is 2. The highest BCUT2D eigenvalue weighted by atomic mass is 19.1. The summed E-state index contributed by atoms with van der Waals surface area (Å²) in [6, 6.07) is 3.53. The van der Waals surface area contributed by atoms with Crippen LogP contribution in [0.2, 0.25) is 0 Å². The molecular formula is C13H10F4N2. The lowest BCUT2D eigenvalue weighted by Crippen LogP contribution is -2.02. The van der Waals surface area contributed by atoms with Gasteiger partial charge in [0.1, 0.15) is 17.3 Å². The normalized spacial score (nSPS) is 10.6. The van der Waals surface area contributed by atoms with E-state index >= 15 is 0 Å². The molecule has 2 aromatic rings. The van der Waals surface area contributed by atoms with Crippen molar-refractivity contribution in [3.8, 4) is 0 Å². The van der Waals surface area contributed by atoms with Gasteiger partial charge in [-0.1, -0.05) is 0 Å². The molecule has 0 spiro atoms. The third-order valence-corrected chi connectivity index (χ3v) is 2.57. The summed E-state index contributed by atoms with van der Waals surface area (Å²) >= 11 is 0. The van der Waals surface area contributed by atoms with Crippen LogP contribution in [-0.2, 0) is 0 Å². The van der Waals surface area contributed by atoms with Crippen LogP contribution < -0.4 is 11.1 Å². The van der Waals surface area contributed by atoms with Gasteiger partial charge in [-0.05, 0) is 30.7 Å². The minimum absolute atomic E-state index is 0.0984. The molecule has 0 fully saturated rings. The molecule has 0 aliphatic carbocycles. The summed E-state index contributed by atoms with van der Waals surface area (Å²) in [5.41, 5.74) is 4.31. The van der Waals surface area contributed by atoms with Crippen molar-refractivity contribution in [1.29, 1.82) is 0 Å². The molecule has 0 aliphatic rings. The SMILES string of the molecule is Cc1cc(F)c(Nc2c(F)cc(N)cc2F)cc1F. The zero-order valence-electron chi connectivity index (χ0n) is 9.90. The molecule has 2 nitrogen and oxygen atoms in total. The number of anilines is 3. The maximum absolute atomic E-state index is 13.6. The predicted molar refractivity (Wildman–Crippen MR) is 65.1 cm³/mol. The molecule has 0 bridgehead atoms. The quantitative estimate of drug-likeness (QED) is 0.642. The van der Waals surface area contributed by atoms with E-state index in [0.717, 1.165) is 24.3 Å². The fraction of sp³-hybridized carbons (Fsp3) is 0.0769. The number of hydrogen-bond donors (Lipinski definition) is 2. The van der Waals surface area contributed by atoms with Crippen molar-refractivity contribution in [1.82, 2.24) is 0 Å². The van der Waals surface area contributed by atoms with Crippen LogP contribution in [0.4, 0.5) is 34.6 Å². The Kier molecular flexibility index (Phi) is 3.33. The Morgan fingerprint density at radius 3 is 2.00 bits per heavy atom. The standard InChI is InChI=1S/C13H10F4N2/c1-6-2-9(15)12(5-8(6)14)19-13-10(16)3-7(18)4-11(13)17/h2-5,19H,18H2,1H3. The average Bonchev–Trinajstić information content (AvgIpc) is 2.29. The number of nitrogens with one attached hydrogen (secondary N) is 1. The molecule has 2 aromatic carbocycles. The minimum Gasteiger partial charge on any atom is -0.399 e. The van der Waals surface area contributed by atoms with Gasteiger partial charge >= 0.3 is 0 Å². The second kappa shape index (κ2) is 4.79. The molecule has 0 radical (unpaired) electrons. The van der Waals surface area contributed by atoms with Crippen molar-refractivity contribution >= 4 is 17.1 Å². The summed E-state index contributed by atoms with van der Waals surface area (Å²) in [6.45, 7) is 1.38. The highest BCUT2D eigenvalue weighted by molar-refractivity contribution is 5.64. The van der Waals surface area contributed by atoms with Gasteiger partial charge in [0, 0.05) is 11.8 Å². The molecule has 0 atom stereocenters. The molecule has 19 heavy (non-hydrogen) atoms. The smallest absolute Gasteiger partial charge is 0.151 e. The van der Waals surface area contributed by atoms with E-state index in [4.69, 9.17) is 5.73 Å². The summed E-state index contributed by atoms with van der Waals surface area (Å²) in [5, 5.41) is 2.18. The molecule has 2 rings (SSSR count). The average molecular weight is 270 g/mol. The summed E-state index contributed by atoms with van der Waals surface area (Å²) in [6.07, 6.45) is 0. The lowest BCUT2D eigenvalue weighted by atomic mass is 10.2. The monoisotopic (exact) mass is 270 g/mol. The van der Waals surface area contributed by atoms with E-state index in [1.807, 2.05) is 0 Å². The van der Waals surface area contributed by atoms with Crippen LogP contribution in [-0.4, -0.2) is 0 Å². The van der Waals surface area contributed by atoms with Gasteiger partial charge in [0.25, 0.3) is 0 Å². The molecule has 0 aromatic heterocycles. The largest absolute Gasteiger partial charge is 0.399 e. The molecule has 0 amide bonds. The van der Waals surface area contributed by atoms with Crippen LogP contribution in [0.3, 0.4) is 0 Å². The Labute approximate surface area is 106 Å². The zero-order chi connectivity index (χ0) is 14.2. The third-order valence-electron chi connectivity index (χ3n) is 2.57. The number of rotatable bonds is 2. The predicted octanol–water partition coefficient (Wildman–Crippen LogP) is 3.88. The number of hydrogen-bond acceptors (Lipinski definition) is 2. The Bertz CT molecular complexity index is 618. The van der Waals surface area contributed by atoms with Crippen LogP contribution in [0.5, 0.6) is 0 Å². The fourth-order valence-electron chi connectivity index (χ4n) is 1.59. The zero-order valence-corrected chi connectivity index (χ0v) is 9.90. The van der Waals surface area contributed by atoms with E-state index < -0.39 is 29.0 Å². The number of nitrogen functional groups attached to an aromatic ring is 1. The maximum Gasteiger partial charge on any atom is 0.151 e. The topological polar surface area (TPSA) is 38.0 Å². The minimum atomic E-state index is -0.988. The second-order valence-electron chi connectivity index (χ2n) is 4.07. The van der Waals surface area contributed by atoms with Crippen LogP contribution >= 0.6 is 0 Å². The third kappa shape index (κ3) is 2.62. The highest BCUT2D eigenvalue weighted by Crippen LogP contribution is 2.28. The second-order valence-corrected chi connectivity index (χ2v) is 4.07. The van der Waals surface area contributed by atoms with Gasteiger partial charge in [0.05, 0.1) is 5.69 Å². The molecule has 0 saturated heterocycles. The molecule has 100 valence electrons. The van der Waals surface area contributed by atoms with Crippen molar-refractivity contribution in [2.45, 2.75) is 6.92 Å². The first-order chi connectivity index (χ1) is 8.88. The fourth-order valence-corrected chi connectivity index (χ4v) is 1.59. The van der Waals surface area contributed by atoms with Crippen LogP contribution in [0.1, 0.15) is 5.56 Å². The van der Waals surface area contributed by atoms with Crippen LogP contribution in [0, 0.1) is 30.2 Å². The number of nitrogens with two attached hydrogens (primary N) is 1. The maximum atomic E-state index is 13.6.